The summed E-state index contributed by atoms with van der Waals surface area (Å²) in [5.41, 5.74) is 1.84. The Morgan fingerprint density at radius 3 is 1.88 bits per heavy atom. The van der Waals surface area contributed by atoms with Gasteiger partial charge in [-0.15, -0.1) is 0 Å². The highest BCUT2D eigenvalue weighted by molar-refractivity contribution is 5.32. The predicted molar refractivity (Wildman–Crippen MR) is 129 cm³/mol. The Hall–Kier alpha value is -2.01. The Morgan fingerprint density at radius 1 is 0.765 bits per heavy atom. The molecular weight excluding hydrogens is 437 g/mol. The molecule has 34 heavy (non-hydrogen) atoms. The monoisotopic (exact) mass is 474 g/mol. The van der Waals surface area contributed by atoms with E-state index >= 15 is 8.78 Å². The molecule has 2 aromatic rings. The Balaban J connectivity index is 1.31. The minimum absolute atomic E-state index is 0.0159. The number of hydrogen-bond donors (Lipinski definition) is 0. The van der Waals surface area contributed by atoms with E-state index in [4.69, 9.17) is 9.47 Å². The van der Waals surface area contributed by atoms with Crippen LogP contribution in [0, 0.1) is 23.4 Å². The van der Waals surface area contributed by atoms with Crippen molar-refractivity contribution in [3.8, 4) is 5.75 Å². The van der Waals surface area contributed by atoms with Crippen molar-refractivity contribution in [2.24, 2.45) is 5.92 Å². The van der Waals surface area contributed by atoms with E-state index in [9.17, 15) is 4.39 Å². The molecule has 0 spiro atoms. The smallest absolute Gasteiger partial charge is 0.165 e. The lowest BCUT2D eigenvalue weighted by atomic mass is 9.76. The van der Waals surface area contributed by atoms with Gasteiger partial charge in [0.1, 0.15) is 0 Å². The minimum Gasteiger partial charge on any atom is -0.491 e. The molecule has 0 aliphatic heterocycles. The Kier molecular flexibility index (Phi) is 8.57. The van der Waals surface area contributed by atoms with E-state index < -0.39 is 11.6 Å². The fourth-order valence-corrected chi connectivity index (χ4v) is 5.75. The van der Waals surface area contributed by atoms with Crippen molar-refractivity contribution in [2.75, 3.05) is 6.61 Å². The molecule has 2 fully saturated rings. The van der Waals surface area contributed by atoms with E-state index in [2.05, 4.69) is 6.92 Å². The van der Waals surface area contributed by atoms with Gasteiger partial charge in [0.2, 0.25) is 0 Å². The van der Waals surface area contributed by atoms with Crippen molar-refractivity contribution in [2.45, 2.75) is 96.2 Å². The largest absolute Gasteiger partial charge is 0.491 e. The summed E-state index contributed by atoms with van der Waals surface area (Å²) in [7, 11) is 0. The molecule has 0 atom stereocenters. The van der Waals surface area contributed by atoms with Gasteiger partial charge in [0.05, 0.1) is 19.3 Å². The van der Waals surface area contributed by atoms with Crippen LogP contribution in [0.2, 0.25) is 0 Å². The quantitative estimate of drug-likeness (QED) is 0.382. The number of benzene rings is 2. The lowest BCUT2D eigenvalue weighted by molar-refractivity contribution is 0.0130. The van der Waals surface area contributed by atoms with Crippen LogP contribution in [0.5, 0.6) is 5.75 Å². The number of ether oxygens (including phenoxy) is 2. The van der Waals surface area contributed by atoms with Gasteiger partial charge in [0.25, 0.3) is 0 Å². The average Bonchev–Trinajstić information content (AvgIpc) is 2.86. The third-order valence-electron chi connectivity index (χ3n) is 7.90. The first kappa shape index (κ1) is 25.1. The fourth-order valence-electron chi connectivity index (χ4n) is 5.75. The lowest BCUT2D eigenvalue weighted by Gasteiger charge is -2.31. The molecule has 0 N–H and O–H groups in total. The molecule has 2 aliphatic carbocycles. The fraction of sp³-hybridized carbons (Fsp3) is 0.586. The summed E-state index contributed by atoms with van der Waals surface area (Å²) >= 11 is 0. The summed E-state index contributed by atoms with van der Waals surface area (Å²) in [5.74, 6) is -0.524. The molecular formula is C29H37F3O2. The van der Waals surface area contributed by atoms with Gasteiger partial charge in [0.15, 0.2) is 23.2 Å². The van der Waals surface area contributed by atoms with Gasteiger partial charge in [-0.1, -0.05) is 31.5 Å². The van der Waals surface area contributed by atoms with Crippen molar-refractivity contribution in [1.29, 1.82) is 0 Å². The van der Waals surface area contributed by atoms with Crippen LogP contribution in [-0.4, -0.2) is 12.7 Å². The maximum absolute atomic E-state index is 15.1. The second-order valence-corrected chi connectivity index (χ2v) is 9.98. The number of hydrogen-bond acceptors (Lipinski definition) is 2. The molecule has 0 saturated heterocycles. The first-order valence-electron chi connectivity index (χ1n) is 13.0. The molecule has 0 heterocycles. The highest BCUT2D eigenvalue weighted by atomic mass is 19.2. The highest BCUT2D eigenvalue weighted by Gasteiger charge is 2.29. The standard InChI is InChI=1S/C29H37F3O2/c1-3-19-5-8-21(9-6-19)24-14-15-25(29(32)28(24)31)22-10-12-23(13-11-22)34-18-20-7-16-27(33-4-2)26(30)17-20/h7,14-17,19,21-23H,3-6,8-13,18H2,1-2H3. The van der Waals surface area contributed by atoms with Crippen molar-refractivity contribution in [3.63, 3.8) is 0 Å². The SMILES string of the molecule is CCOc1ccc(COC2CCC(c3ccc(C4CCC(CC)CC4)c(F)c3F)CC2)cc1F. The summed E-state index contributed by atoms with van der Waals surface area (Å²) in [6.45, 7) is 4.78. The van der Waals surface area contributed by atoms with Crippen LogP contribution in [0.4, 0.5) is 13.2 Å². The summed E-state index contributed by atoms with van der Waals surface area (Å²) in [5, 5.41) is 0. The van der Waals surface area contributed by atoms with Crippen LogP contribution >= 0.6 is 0 Å². The van der Waals surface area contributed by atoms with Gasteiger partial charge < -0.3 is 9.47 Å². The van der Waals surface area contributed by atoms with E-state index in [1.54, 1.807) is 6.07 Å². The maximum Gasteiger partial charge on any atom is 0.165 e. The van der Waals surface area contributed by atoms with Crippen molar-refractivity contribution >= 4 is 0 Å². The third kappa shape index (κ3) is 5.79. The van der Waals surface area contributed by atoms with Crippen LogP contribution < -0.4 is 4.74 Å². The van der Waals surface area contributed by atoms with Gasteiger partial charge in [-0.2, -0.15) is 0 Å². The molecule has 0 amide bonds. The number of rotatable bonds is 8. The molecule has 4 rings (SSSR count). The van der Waals surface area contributed by atoms with Crippen LogP contribution in [-0.2, 0) is 11.3 Å². The molecule has 186 valence electrons. The first-order valence-corrected chi connectivity index (χ1v) is 13.0. The normalized spacial score (nSPS) is 25.3. The summed E-state index contributed by atoms with van der Waals surface area (Å²) < 4.78 is 55.4. The Bertz CT molecular complexity index is 945. The summed E-state index contributed by atoms with van der Waals surface area (Å²) in [6, 6.07) is 8.56. The molecule has 0 aromatic heterocycles. The first-order chi connectivity index (χ1) is 16.5. The Labute approximate surface area is 201 Å². The molecule has 0 radical (unpaired) electrons. The predicted octanol–water partition coefficient (Wildman–Crippen LogP) is 8.43. The van der Waals surface area contributed by atoms with E-state index in [1.807, 2.05) is 25.1 Å². The summed E-state index contributed by atoms with van der Waals surface area (Å²) in [6.07, 6.45) is 8.44. The zero-order chi connectivity index (χ0) is 24.1. The number of halogens is 3. The molecule has 0 unspecified atom stereocenters. The lowest BCUT2D eigenvalue weighted by Crippen LogP contribution is -2.22. The highest BCUT2D eigenvalue weighted by Crippen LogP contribution is 2.41. The molecule has 2 nitrogen and oxygen atoms in total. The zero-order valence-corrected chi connectivity index (χ0v) is 20.4. The van der Waals surface area contributed by atoms with Crippen LogP contribution in [0.25, 0.3) is 0 Å². The van der Waals surface area contributed by atoms with Crippen LogP contribution in [0.3, 0.4) is 0 Å². The second kappa shape index (κ2) is 11.6. The molecule has 2 saturated carbocycles. The summed E-state index contributed by atoms with van der Waals surface area (Å²) in [4.78, 5) is 0. The minimum atomic E-state index is -0.649. The second-order valence-electron chi connectivity index (χ2n) is 9.98. The van der Waals surface area contributed by atoms with E-state index in [-0.39, 0.29) is 29.5 Å². The van der Waals surface area contributed by atoms with E-state index in [0.29, 0.717) is 24.3 Å². The topological polar surface area (TPSA) is 18.5 Å². The van der Waals surface area contributed by atoms with Crippen molar-refractivity contribution < 1.29 is 22.6 Å². The van der Waals surface area contributed by atoms with E-state index in [1.165, 1.54) is 12.5 Å². The molecule has 0 bridgehead atoms. The van der Waals surface area contributed by atoms with Crippen LogP contribution in [0.15, 0.2) is 30.3 Å². The molecule has 5 heteroatoms. The molecule has 2 aromatic carbocycles. The average molecular weight is 475 g/mol. The van der Waals surface area contributed by atoms with Gasteiger partial charge >= 0.3 is 0 Å². The van der Waals surface area contributed by atoms with Gasteiger partial charge in [0, 0.05) is 0 Å². The van der Waals surface area contributed by atoms with E-state index in [0.717, 1.165) is 62.8 Å². The maximum atomic E-state index is 15.1. The van der Waals surface area contributed by atoms with Crippen molar-refractivity contribution in [1.82, 2.24) is 0 Å². The van der Waals surface area contributed by atoms with Gasteiger partial charge in [-0.3, -0.25) is 0 Å². The van der Waals surface area contributed by atoms with Crippen molar-refractivity contribution in [3.05, 3.63) is 64.5 Å². The molecule has 2 aliphatic rings. The van der Waals surface area contributed by atoms with Gasteiger partial charge in [-0.25, -0.2) is 13.2 Å². The Morgan fingerprint density at radius 2 is 1.35 bits per heavy atom. The zero-order valence-electron chi connectivity index (χ0n) is 20.4. The van der Waals surface area contributed by atoms with Gasteiger partial charge in [-0.05, 0) is 105 Å². The van der Waals surface area contributed by atoms with Crippen LogP contribution in [0.1, 0.15) is 100 Å². The third-order valence-corrected chi connectivity index (χ3v) is 7.90.